The molecule has 4 atom stereocenters. The molecule has 8 nitrogen and oxygen atoms in total. The van der Waals surface area contributed by atoms with Crippen molar-refractivity contribution in [2.45, 2.75) is 62.9 Å². The summed E-state index contributed by atoms with van der Waals surface area (Å²) in [6.45, 7) is 2.87. The molecular weight excluding hydrogens is 451 g/mol. The highest BCUT2D eigenvalue weighted by Gasteiger charge is 2.48. The van der Waals surface area contributed by atoms with Crippen LogP contribution >= 0.6 is 11.3 Å². The molecule has 2 aromatic heterocycles. The van der Waals surface area contributed by atoms with Gasteiger partial charge >= 0.3 is 12.1 Å². The third kappa shape index (κ3) is 4.42. The topological polar surface area (TPSA) is 108 Å². The van der Waals surface area contributed by atoms with E-state index in [9.17, 15) is 28.2 Å². The summed E-state index contributed by atoms with van der Waals surface area (Å²) in [6.07, 6.45) is -2.84. The summed E-state index contributed by atoms with van der Waals surface area (Å²) in [5, 5.41) is 32.6. The third-order valence-electron chi connectivity index (χ3n) is 6.10. The van der Waals surface area contributed by atoms with Crippen LogP contribution < -0.4 is 0 Å². The van der Waals surface area contributed by atoms with Crippen LogP contribution in [0.3, 0.4) is 0 Å². The van der Waals surface area contributed by atoms with Gasteiger partial charge in [-0.05, 0) is 25.8 Å². The van der Waals surface area contributed by atoms with Gasteiger partial charge in [0.1, 0.15) is 16.6 Å². The van der Waals surface area contributed by atoms with Gasteiger partial charge in [-0.1, -0.05) is 0 Å². The van der Waals surface area contributed by atoms with E-state index in [1.54, 1.807) is 12.4 Å². The largest absolute Gasteiger partial charge is 0.479 e. The highest BCUT2D eigenvalue weighted by molar-refractivity contribution is 7.12. The van der Waals surface area contributed by atoms with E-state index in [1.807, 2.05) is 6.92 Å². The zero-order valence-electron chi connectivity index (χ0n) is 17.2. The van der Waals surface area contributed by atoms with Gasteiger partial charge in [-0.2, -0.15) is 18.3 Å². The van der Waals surface area contributed by atoms with Crippen molar-refractivity contribution in [2.24, 2.45) is 0 Å². The second-order valence-corrected chi connectivity index (χ2v) is 9.46. The van der Waals surface area contributed by atoms with E-state index in [0.717, 1.165) is 11.6 Å². The number of aliphatic hydroxyl groups is 2. The first-order valence-corrected chi connectivity index (χ1v) is 11.0. The van der Waals surface area contributed by atoms with Crippen LogP contribution in [-0.4, -0.2) is 61.3 Å². The van der Waals surface area contributed by atoms with Crippen molar-refractivity contribution in [3.8, 4) is 0 Å². The molecule has 3 N–H and O–H groups in total. The summed E-state index contributed by atoms with van der Waals surface area (Å²) < 4.78 is 47.2. The zero-order chi connectivity index (χ0) is 23.3. The highest BCUT2D eigenvalue weighted by Crippen LogP contribution is 2.51. The van der Waals surface area contributed by atoms with Crippen molar-refractivity contribution in [1.82, 2.24) is 14.7 Å². The maximum atomic E-state index is 13.3. The number of aromatic nitrogens is 2. The molecule has 1 unspecified atom stereocenters. The molecule has 12 heteroatoms. The molecule has 176 valence electrons. The number of hydrogen-bond acceptors (Lipinski definition) is 7. The minimum Gasteiger partial charge on any atom is -0.479 e. The molecule has 1 spiro atoms. The normalized spacial score (nSPS) is 27.4. The van der Waals surface area contributed by atoms with Gasteiger partial charge in [0.25, 0.3) is 0 Å². The Balaban J connectivity index is 1.47. The van der Waals surface area contributed by atoms with Crippen LogP contribution in [0.2, 0.25) is 0 Å². The number of halogens is 3. The number of carbonyl (C=O) groups is 1. The molecule has 0 aromatic carbocycles. The summed E-state index contributed by atoms with van der Waals surface area (Å²) in [6, 6.07) is 1.03. The molecule has 0 radical (unpaired) electrons. The fourth-order valence-electron chi connectivity index (χ4n) is 4.45. The molecule has 32 heavy (non-hydrogen) atoms. The molecule has 2 aliphatic heterocycles. The molecule has 0 amide bonds. The number of hydrogen-bond donors (Lipinski definition) is 3. The smallest absolute Gasteiger partial charge is 0.425 e. The van der Waals surface area contributed by atoms with E-state index in [1.165, 1.54) is 4.68 Å². The Morgan fingerprint density at radius 2 is 2.22 bits per heavy atom. The molecule has 0 bridgehead atoms. The van der Waals surface area contributed by atoms with Crippen LogP contribution in [0.5, 0.6) is 0 Å². The Hall–Kier alpha value is -1.99. The van der Waals surface area contributed by atoms with E-state index in [4.69, 9.17) is 9.84 Å². The third-order valence-corrected chi connectivity index (χ3v) is 7.48. The summed E-state index contributed by atoms with van der Waals surface area (Å²) in [5.41, 5.74) is 0.295. The Morgan fingerprint density at radius 3 is 2.88 bits per heavy atom. The van der Waals surface area contributed by atoms with Gasteiger partial charge < -0.3 is 20.1 Å². The minimum absolute atomic E-state index is 0.0174. The molecule has 1 saturated heterocycles. The second-order valence-electron chi connectivity index (χ2n) is 8.41. The minimum atomic E-state index is -4.47. The van der Waals surface area contributed by atoms with Gasteiger partial charge in [-0.25, -0.2) is 4.79 Å². The predicted octanol–water partition coefficient (Wildman–Crippen LogP) is 2.35. The van der Waals surface area contributed by atoms with Crippen molar-refractivity contribution in [3.63, 3.8) is 0 Å². The number of carboxylic acids is 1. The van der Waals surface area contributed by atoms with Crippen LogP contribution in [0.25, 0.3) is 0 Å². The van der Waals surface area contributed by atoms with Crippen molar-refractivity contribution >= 4 is 17.3 Å². The molecule has 2 aliphatic rings. The van der Waals surface area contributed by atoms with Crippen molar-refractivity contribution in [1.29, 1.82) is 0 Å². The molecule has 2 aromatic rings. The Labute approximate surface area is 185 Å². The molecule has 4 rings (SSSR count). The summed E-state index contributed by atoms with van der Waals surface area (Å²) in [5.74, 6) is -1.32. The predicted molar refractivity (Wildman–Crippen MR) is 107 cm³/mol. The van der Waals surface area contributed by atoms with Crippen LogP contribution in [-0.2, 0) is 34.4 Å². The van der Waals surface area contributed by atoms with Gasteiger partial charge in [0, 0.05) is 41.3 Å². The maximum absolute atomic E-state index is 13.3. The lowest BCUT2D eigenvalue weighted by Gasteiger charge is -2.47. The van der Waals surface area contributed by atoms with Crippen LogP contribution in [0.15, 0.2) is 18.5 Å². The average molecular weight is 475 g/mol. The van der Waals surface area contributed by atoms with E-state index < -0.39 is 34.8 Å². The van der Waals surface area contributed by atoms with Crippen LogP contribution in [0, 0.1) is 0 Å². The lowest BCUT2D eigenvalue weighted by atomic mass is 9.81. The fourth-order valence-corrected chi connectivity index (χ4v) is 5.71. The number of rotatable bonds is 5. The van der Waals surface area contributed by atoms with Crippen molar-refractivity contribution in [2.75, 3.05) is 13.2 Å². The lowest BCUT2D eigenvalue weighted by Crippen LogP contribution is -2.50. The lowest BCUT2D eigenvalue weighted by molar-refractivity contribution is -0.147. The molecule has 0 saturated carbocycles. The first-order valence-electron chi connectivity index (χ1n) is 10.2. The van der Waals surface area contributed by atoms with Gasteiger partial charge in [0.05, 0.1) is 19.3 Å². The Bertz CT molecular complexity index is 994. The first kappa shape index (κ1) is 23.2. The van der Waals surface area contributed by atoms with Gasteiger partial charge in [-0.15, -0.1) is 11.3 Å². The number of aliphatic carboxylic acids is 1. The molecule has 4 heterocycles. The van der Waals surface area contributed by atoms with Gasteiger partial charge in [0.2, 0.25) is 0 Å². The highest BCUT2D eigenvalue weighted by atomic mass is 32.1. The monoisotopic (exact) mass is 475 g/mol. The number of ether oxygens (including phenoxy) is 1. The Kier molecular flexibility index (Phi) is 6.09. The number of fused-ring (bicyclic) bond motifs is 2. The molecule has 0 aliphatic carbocycles. The molecule has 1 fully saturated rings. The average Bonchev–Trinajstić information content (AvgIpc) is 3.35. The number of alkyl halides is 3. The number of thiophene rings is 1. The summed E-state index contributed by atoms with van der Waals surface area (Å²) >= 11 is 0.656. The zero-order valence-corrected chi connectivity index (χ0v) is 18.1. The number of aliphatic hydroxyl groups excluding tert-OH is 2. The second kappa shape index (κ2) is 8.41. The van der Waals surface area contributed by atoms with E-state index >= 15 is 0 Å². The van der Waals surface area contributed by atoms with Crippen molar-refractivity contribution in [3.05, 3.63) is 39.3 Å². The number of nitrogens with zero attached hydrogens (tertiary/aromatic N) is 3. The van der Waals surface area contributed by atoms with Crippen LogP contribution in [0.1, 0.15) is 46.8 Å². The SMILES string of the molecule is C[C@H]1C[C@@]2(CCN1Cc1cnn(CC(O)C(=O)O)c1)OC[C@@H](O)c1cc(C(F)(F)F)sc12. The summed E-state index contributed by atoms with van der Waals surface area (Å²) in [4.78, 5) is 12.7. The van der Waals surface area contributed by atoms with E-state index in [-0.39, 0.29) is 19.2 Å². The van der Waals surface area contributed by atoms with Crippen molar-refractivity contribution < 1.29 is 38.0 Å². The van der Waals surface area contributed by atoms with Crippen LogP contribution in [0.4, 0.5) is 13.2 Å². The van der Waals surface area contributed by atoms with E-state index in [0.29, 0.717) is 47.7 Å². The first-order chi connectivity index (χ1) is 15.0. The number of carboxylic acid groups (broad SMARTS) is 1. The summed E-state index contributed by atoms with van der Waals surface area (Å²) in [7, 11) is 0. The standard InChI is InChI=1S/C20H24F3N3O5S/c1-11-5-19(17-13(15(28)10-31-19)4-16(32-17)20(21,22)23)2-3-25(11)7-12-6-24-26(8-12)9-14(27)18(29)30/h4,6,8,11,14-15,27-28H,2-3,5,7,9-10H2,1H3,(H,29,30)/t11-,14?,15+,19+/m0/s1. The fraction of sp³-hybridized carbons (Fsp3) is 0.600. The maximum Gasteiger partial charge on any atom is 0.425 e. The Morgan fingerprint density at radius 1 is 1.47 bits per heavy atom. The molecular formula is C20H24F3N3O5S. The number of piperidine rings is 1. The van der Waals surface area contributed by atoms with Gasteiger partial charge in [-0.3, -0.25) is 9.58 Å². The quantitative estimate of drug-likeness (QED) is 0.609. The van der Waals surface area contributed by atoms with E-state index in [2.05, 4.69) is 10.00 Å². The van der Waals surface area contributed by atoms with Gasteiger partial charge in [0.15, 0.2) is 6.10 Å². The number of likely N-dealkylation sites (tertiary alicyclic amines) is 1.